The number of esters is 1. The van der Waals surface area contributed by atoms with Gasteiger partial charge in [0.25, 0.3) is 0 Å². The van der Waals surface area contributed by atoms with Crippen molar-refractivity contribution in [1.82, 2.24) is 0 Å². The van der Waals surface area contributed by atoms with Crippen molar-refractivity contribution in [2.75, 3.05) is 12.0 Å². The fourth-order valence-corrected chi connectivity index (χ4v) is 6.47. The summed E-state index contributed by atoms with van der Waals surface area (Å²) in [5.74, 6) is -1.20. The second-order valence-electron chi connectivity index (χ2n) is 10.2. The van der Waals surface area contributed by atoms with E-state index in [0.29, 0.717) is 16.9 Å². The predicted octanol–water partition coefficient (Wildman–Crippen LogP) is 5.01. The number of amides is 2. The minimum atomic E-state index is -1.22. The molecule has 1 aliphatic heterocycles. The fraction of sp³-hybridized carbons (Fsp3) is 0.290. The molecule has 7 heteroatoms. The first kappa shape index (κ1) is 24.1. The van der Waals surface area contributed by atoms with Crippen LogP contribution in [0.4, 0.5) is 5.69 Å². The van der Waals surface area contributed by atoms with Crippen LogP contribution in [0.2, 0.25) is 0 Å². The summed E-state index contributed by atoms with van der Waals surface area (Å²) in [4.78, 5) is 55.2. The van der Waals surface area contributed by atoms with Gasteiger partial charge < -0.3 is 9.47 Å². The van der Waals surface area contributed by atoms with Crippen LogP contribution in [-0.4, -0.2) is 30.7 Å². The van der Waals surface area contributed by atoms with Crippen LogP contribution in [-0.2, 0) is 14.3 Å². The topological polar surface area (TPSA) is 90.0 Å². The Labute approximate surface area is 220 Å². The first-order valence-electron chi connectivity index (χ1n) is 12.9. The molecule has 3 aromatic carbocycles. The van der Waals surface area contributed by atoms with Gasteiger partial charge in [-0.3, -0.25) is 14.4 Å². The van der Waals surface area contributed by atoms with Gasteiger partial charge in [-0.15, -0.1) is 0 Å². The molecule has 2 amide bonds. The first-order chi connectivity index (χ1) is 18.5. The zero-order valence-corrected chi connectivity index (χ0v) is 20.9. The van der Waals surface area contributed by atoms with Crippen LogP contribution in [0.3, 0.4) is 0 Å². The number of carbonyl (C=O) groups excluding carboxylic acids is 4. The van der Waals surface area contributed by atoms with Gasteiger partial charge in [0, 0.05) is 11.1 Å². The lowest BCUT2D eigenvalue weighted by Crippen LogP contribution is -2.34. The second-order valence-corrected chi connectivity index (χ2v) is 10.2. The van der Waals surface area contributed by atoms with E-state index in [9.17, 15) is 19.2 Å². The predicted molar refractivity (Wildman–Crippen MR) is 139 cm³/mol. The van der Waals surface area contributed by atoms with Gasteiger partial charge in [-0.25, -0.2) is 9.69 Å². The normalized spacial score (nSPS) is 24.3. The zero-order valence-electron chi connectivity index (χ0n) is 20.9. The molecule has 38 heavy (non-hydrogen) atoms. The Hall–Kier alpha value is -4.26. The molecule has 1 heterocycles. The Bertz CT molecular complexity index is 1390. The van der Waals surface area contributed by atoms with E-state index in [-0.39, 0.29) is 46.7 Å². The molecule has 6 rings (SSSR count). The van der Waals surface area contributed by atoms with Crippen molar-refractivity contribution in [3.8, 4) is 5.75 Å². The summed E-state index contributed by atoms with van der Waals surface area (Å²) in [5, 5.41) is 0. The number of para-hydroxylation sites is 1. The van der Waals surface area contributed by atoms with Crippen LogP contribution >= 0.6 is 0 Å². The van der Waals surface area contributed by atoms with Gasteiger partial charge in [0.05, 0.1) is 30.2 Å². The maximum atomic E-state index is 13.6. The van der Waals surface area contributed by atoms with Gasteiger partial charge in [0.15, 0.2) is 6.10 Å². The van der Waals surface area contributed by atoms with Crippen LogP contribution in [0, 0.1) is 23.7 Å². The van der Waals surface area contributed by atoms with Crippen molar-refractivity contribution in [1.29, 1.82) is 0 Å². The number of hydrogen-bond acceptors (Lipinski definition) is 6. The molecule has 0 unspecified atom stereocenters. The summed E-state index contributed by atoms with van der Waals surface area (Å²) in [6, 6.07) is 21.8. The highest BCUT2D eigenvalue weighted by Gasteiger charge is 2.61. The lowest BCUT2D eigenvalue weighted by atomic mass is 9.81. The number of hydrogen-bond donors (Lipinski definition) is 0. The van der Waals surface area contributed by atoms with E-state index >= 15 is 0 Å². The van der Waals surface area contributed by atoms with E-state index in [4.69, 9.17) is 9.47 Å². The fourth-order valence-electron chi connectivity index (χ4n) is 6.47. The molecule has 5 atom stereocenters. The van der Waals surface area contributed by atoms with E-state index in [1.807, 2.05) is 6.07 Å². The van der Waals surface area contributed by atoms with Gasteiger partial charge in [-0.2, -0.15) is 0 Å². The average Bonchev–Trinajstić information content (AvgIpc) is 3.65. The van der Waals surface area contributed by atoms with Gasteiger partial charge >= 0.3 is 5.97 Å². The lowest BCUT2D eigenvalue weighted by Gasteiger charge is -2.22. The molecule has 3 fully saturated rings. The number of nitrogens with zero attached hydrogens (tertiary/aromatic N) is 1. The highest BCUT2D eigenvalue weighted by molar-refractivity contribution is 6.24. The van der Waals surface area contributed by atoms with Crippen molar-refractivity contribution in [3.63, 3.8) is 0 Å². The van der Waals surface area contributed by atoms with Crippen molar-refractivity contribution in [2.45, 2.75) is 25.4 Å². The number of Topliss-reactive ketones (excluding diaryl/α,β-unsaturated/α-hetero) is 1. The van der Waals surface area contributed by atoms with Crippen molar-refractivity contribution < 1.29 is 28.7 Å². The Balaban J connectivity index is 1.32. The molecule has 2 aliphatic carbocycles. The van der Waals surface area contributed by atoms with Gasteiger partial charge in [-0.05, 0) is 67.5 Å². The number of methoxy groups -OCH3 is 1. The number of carbonyl (C=O) groups is 4. The van der Waals surface area contributed by atoms with Crippen LogP contribution < -0.4 is 9.64 Å². The van der Waals surface area contributed by atoms with E-state index in [1.54, 1.807) is 66.7 Å². The maximum absolute atomic E-state index is 13.6. The molecule has 192 valence electrons. The number of ether oxygens (including phenoxy) is 2. The summed E-state index contributed by atoms with van der Waals surface area (Å²) in [6.07, 6.45) is 1.64. The van der Waals surface area contributed by atoms with Crippen molar-refractivity contribution >= 4 is 29.3 Å². The Morgan fingerprint density at radius 3 is 2.05 bits per heavy atom. The van der Waals surface area contributed by atoms with E-state index < -0.39 is 17.9 Å². The minimum absolute atomic E-state index is 0.0741. The number of fused-ring (bicyclic) bond motifs is 5. The number of rotatable bonds is 7. The van der Waals surface area contributed by atoms with E-state index in [1.165, 1.54) is 18.1 Å². The summed E-state index contributed by atoms with van der Waals surface area (Å²) in [6.45, 7) is 0. The molecule has 3 aromatic rings. The van der Waals surface area contributed by atoms with Crippen LogP contribution in [0.1, 0.15) is 51.6 Å². The largest absolute Gasteiger partial charge is 0.497 e. The standard InChI is InChI=1S/C31H27NO6/c1-37-22-15-13-18(14-16-22)27(33)28(19-7-3-2-4-8-19)38-31(36)23-9-5-6-10-24(23)32-29(34)25-20-11-12-21(17-20)26(25)30(32)35/h2-10,13-16,20-21,25-26,28H,11-12,17H2,1H3/t20-,21+,25-,26+,28-/m1/s1. The Kier molecular flexibility index (Phi) is 6.06. The van der Waals surface area contributed by atoms with Crippen LogP contribution in [0.15, 0.2) is 78.9 Å². The molecule has 0 N–H and O–H groups in total. The summed E-state index contributed by atoms with van der Waals surface area (Å²) >= 11 is 0. The summed E-state index contributed by atoms with van der Waals surface area (Å²) < 4.78 is 11.0. The van der Waals surface area contributed by atoms with E-state index in [0.717, 1.165) is 19.3 Å². The molecule has 0 aromatic heterocycles. The number of benzene rings is 3. The van der Waals surface area contributed by atoms with Crippen LogP contribution in [0.5, 0.6) is 5.75 Å². The third-order valence-electron chi connectivity index (χ3n) is 8.23. The Morgan fingerprint density at radius 1 is 0.816 bits per heavy atom. The van der Waals surface area contributed by atoms with E-state index in [2.05, 4.69) is 0 Å². The molecule has 2 bridgehead atoms. The molecule has 3 aliphatic rings. The minimum Gasteiger partial charge on any atom is -0.497 e. The number of anilines is 1. The lowest BCUT2D eigenvalue weighted by molar-refractivity contribution is -0.123. The van der Waals surface area contributed by atoms with Gasteiger partial charge in [0.2, 0.25) is 17.6 Å². The molecular weight excluding hydrogens is 482 g/mol. The zero-order chi connectivity index (χ0) is 26.4. The molecule has 1 saturated heterocycles. The third-order valence-corrected chi connectivity index (χ3v) is 8.23. The summed E-state index contributed by atoms with van der Waals surface area (Å²) in [7, 11) is 1.54. The highest BCUT2D eigenvalue weighted by Crippen LogP contribution is 2.56. The van der Waals surface area contributed by atoms with Crippen LogP contribution in [0.25, 0.3) is 0 Å². The highest BCUT2D eigenvalue weighted by atomic mass is 16.5. The van der Waals surface area contributed by atoms with Crippen molar-refractivity contribution in [2.24, 2.45) is 23.7 Å². The van der Waals surface area contributed by atoms with Gasteiger partial charge in [-0.1, -0.05) is 42.5 Å². The third kappa shape index (κ3) is 3.90. The maximum Gasteiger partial charge on any atom is 0.341 e. The van der Waals surface area contributed by atoms with Gasteiger partial charge in [0.1, 0.15) is 5.75 Å². The molecule has 7 nitrogen and oxygen atoms in total. The summed E-state index contributed by atoms with van der Waals surface area (Å²) in [5.41, 5.74) is 1.16. The number of ketones is 1. The molecule has 0 radical (unpaired) electrons. The first-order valence-corrected chi connectivity index (χ1v) is 12.9. The van der Waals surface area contributed by atoms with Crippen molar-refractivity contribution in [3.05, 3.63) is 95.6 Å². The quantitative estimate of drug-likeness (QED) is 0.253. The SMILES string of the molecule is COc1ccc(C(=O)[C@H](OC(=O)c2ccccc2N2C(=O)[C@@H]3[C@@H]4CC[C@@H](C4)[C@@H]3C2=O)c2ccccc2)cc1. The monoisotopic (exact) mass is 509 g/mol. The second kappa shape index (κ2) is 9.56. The smallest absolute Gasteiger partial charge is 0.341 e. The Morgan fingerprint density at radius 2 is 1.42 bits per heavy atom. The molecule has 2 saturated carbocycles. The molecule has 0 spiro atoms. The molecular formula is C31H27NO6. The average molecular weight is 510 g/mol. The number of imide groups is 1.